The second-order valence-corrected chi connectivity index (χ2v) is 5.64. The molecule has 0 aliphatic carbocycles. The van der Waals surface area contributed by atoms with E-state index in [2.05, 4.69) is 39.5 Å². The molecule has 0 heterocycles. The molecule has 15 heavy (non-hydrogen) atoms. The molecule has 0 fully saturated rings. The molecular formula is C13H30N2. The van der Waals surface area contributed by atoms with Gasteiger partial charge in [0.05, 0.1) is 0 Å². The van der Waals surface area contributed by atoms with E-state index in [4.69, 9.17) is 5.73 Å². The van der Waals surface area contributed by atoms with Gasteiger partial charge in [0.25, 0.3) is 0 Å². The SMILES string of the molecule is CCCCN(CC)C(CN)CC(C)(C)C. The minimum atomic E-state index is 0.379. The van der Waals surface area contributed by atoms with Crippen molar-refractivity contribution in [2.75, 3.05) is 19.6 Å². The van der Waals surface area contributed by atoms with Crippen LogP contribution in [0.2, 0.25) is 0 Å². The molecule has 0 aliphatic heterocycles. The van der Waals surface area contributed by atoms with Gasteiger partial charge in [0, 0.05) is 12.6 Å². The van der Waals surface area contributed by atoms with Crippen molar-refractivity contribution in [2.24, 2.45) is 11.1 Å². The van der Waals surface area contributed by atoms with Crippen LogP contribution < -0.4 is 5.73 Å². The molecule has 0 rings (SSSR count). The van der Waals surface area contributed by atoms with E-state index in [1.54, 1.807) is 0 Å². The van der Waals surface area contributed by atoms with Crippen molar-refractivity contribution in [1.82, 2.24) is 4.90 Å². The van der Waals surface area contributed by atoms with E-state index in [0.29, 0.717) is 11.5 Å². The first-order chi connectivity index (χ1) is 6.94. The summed E-state index contributed by atoms with van der Waals surface area (Å²) in [5.74, 6) is 0. The molecule has 2 N–H and O–H groups in total. The van der Waals surface area contributed by atoms with E-state index >= 15 is 0 Å². The van der Waals surface area contributed by atoms with Gasteiger partial charge in [0.1, 0.15) is 0 Å². The molecule has 0 bridgehead atoms. The van der Waals surface area contributed by atoms with Crippen molar-refractivity contribution in [1.29, 1.82) is 0 Å². The zero-order valence-electron chi connectivity index (χ0n) is 11.3. The monoisotopic (exact) mass is 214 g/mol. The quantitative estimate of drug-likeness (QED) is 0.706. The van der Waals surface area contributed by atoms with Crippen molar-refractivity contribution in [3.63, 3.8) is 0 Å². The number of nitrogens with two attached hydrogens (primary N) is 1. The van der Waals surface area contributed by atoms with Gasteiger partial charge in [-0.1, -0.05) is 41.0 Å². The van der Waals surface area contributed by atoms with Crippen molar-refractivity contribution in [3.8, 4) is 0 Å². The van der Waals surface area contributed by atoms with E-state index in [-0.39, 0.29) is 0 Å². The van der Waals surface area contributed by atoms with Crippen LogP contribution in [0.4, 0.5) is 0 Å². The molecule has 0 amide bonds. The standard InChI is InChI=1S/C13H30N2/c1-6-8-9-15(7-2)12(11-14)10-13(3,4)5/h12H,6-11,14H2,1-5H3. The molecule has 0 aromatic heterocycles. The highest BCUT2D eigenvalue weighted by molar-refractivity contribution is 4.77. The molecule has 2 heteroatoms. The topological polar surface area (TPSA) is 29.3 Å². The summed E-state index contributed by atoms with van der Waals surface area (Å²) < 4.78 is 0. The Kier molecular flexibility index (Phi) is 7.20. The minimum Gasteiger partial charge on any atom is -0.329 e. The van der Waals surface area contributed by atoms with E-state index in [0.717, 1.165) is 13.1 Å². The molecule has 92 valence electrons. The third-order valence-corrected chi connectivity index (χ3v) is 2.84. The minimum absolute atomic E-state index is 0.379. The maximum absolute atomic E-state index is 5.89. The van der Waals surface area contributed by atoms with E-state index in [1.807, 2.05) is 0 Å². The Labute approximate surface area is 96.2 Å². The molecule has 0 saturated carbocycles. The van der Waals surface area contributed by atoms with Crippen LogP contribution in [0.15, 0.2) is 0 Å². The second kappa shape index (κ2) is 7.24. The van der Waals surface area contributed by atoms with E-state index < -0.39 is 0 Å². The van der Waals surface area contributed by atoms with E-state index in [1.165, 1.54) is 25.8 Å². The lowest BCUT2D eigenvalue weighted by Crippen LogP contribution is -2.43. The van der Waals surface area contributed by atoms with Gasteiger partial charge in [-0.2, -0.15) is 0 Å². The predicted octanol–water partition coefficient (Wildman–Crippen LogP) is 2.87. The molecule has 0 aromatic rings. The van der Waals surface area contributed by atoms with E-state index in [9.17, 15) is 0 Å². The molecule has 0 radical (unpaired) electrons. The lowest BCUT2D eigenvalue weighted by atomic mass is 9.87. The maximum Gasteiger partial charge on any atom is 0.0223 e. The van der Waals surface area contributed by atoms with Crippen LogP contribution in [0, 0.1) is 5.41 Å². The van der Waals surface area contributed by atoms with Crippen LogP contribution in [0.5, 0.6) is 0 Å². The Morgan fingerprint density at radius 3 is 2.13 bits per heavy atom. The zero-order valence-corrected chi connectivity index (χ0v) is 11.3. The molecule has 2 nitrogen and oxygen atoms in total. The molecule has 1 unspecified atom stereocenters. The van der Waals surface area contributed by atoms with Gasteiger partial charge >= 0.3 is 0 Å². The van der Waals surface area contributed by atoms with Gasteiger partial charge in [-0.3, -0.25) is 4.90 Å². The van der Waals surface area contributed by atoms with Gasteiger partial charge in [0.15, 0.2) is 0 Å². The molecular weight excluding hydrogens is 184 g/mol. The average molecular weight is 214 g/mol. The van der Waals surface area contributed by atoms with Crippen LogP contribution in [0.25, 0.3) is 0 Å². The van der Waals surface area contributed by atoms with Gasteiger partial charge in [-0.25, -0.2) is 0 Å². The van der Waals surface area contributed by atoms with Crippen LogP contribution in [-0.2, 0) is 0 Å². The van der Waals surface area contributed by atoms with Crippen molar-refractivity contribution < 1.29 is 0 Å². The first-order valence-corrected chi connectivity index (χ1v) is 6.38. The summed E-state index contributed by atoms with van der Waals surface area (Å²) in [6, 6.07) is 0.557. The molecule has 0 aromatic carbocycles. The Morgan fingerprint density at radius 2 is 1.80 bits per heavy atom. The second-order valence-electron chi connectivity index (χ2n) is 5.64. The van der Waals surface area contributed by atoms with Gasteiger partial charge in [-0.15, -0.1) is 0 Å². The summed E-state index contributed by atoms with van der Waals surface area (Å²) in [6.07, 6.45) is 3.75. The number of rotatable bonds is 7. The lowest BCUT2D eigenvalue weighted by molar-refractivity contribution is 0.157. The molecule has 0 spiro atoms. The Morgan fingerprint density at radius 1 is 1.20 bits per heavy atom. The summed E-state index contributed by atoms with van der Waals surface area (Å²) in [4.78, 5) is 2.54. The number of likely N-dealkylation sites (N-methyl/N-ethyl adjacent to an activating group) is 1. The van der Waals surface area contributed by atoms with Crippen LogP contribution >= 0.6 is 0 Å². The number of hydrogen-bond acceptors (Lipinski definition) is 2. The maximum atomic E-state index is 5.89. The van der Waals surface area contributed by atoms with Gasteiger partial charge in [-0.05, 0) is 31.3 Å². The van der Waals surface area contributed by atoms with Gasteiger partial charge in [0.2, 0.25) is 0 Å². The third kappa shape index (κ3) is 6.91. The largest absolute Gasteiger partial charge is 0.329 e. The van der Waals surface area contributed by atoms with Crippen molar-refractivity contribution in [2.45, 2.75) is 59.9 Å². The average Bonchev–Trinajstić information content (AvgIpc) is 2.15. The smallest absolute Gasteiger partial charge is 0.0223 e. The summed E-state index contributed by atoms with van der Waals surface area (Å²) in [7, 11) is 0. The highest BCUT2D eigenvalue weighted by Gasteiger charge is 2.21. The fourth-order valence-electron chi connectivity index (χ4n) is 2.03. The van der Waals surface area contributed by atoms with Crippen LogP contribution in [0.3, 0.4) is 0 Å². The Hall–Kier alpha value is -0.0800. The van der Waals surface area contributed by atoms with Crippen molar-refractivity contribution in [3.05, 3.63) is 0 Å². The lowest BCUT2D eigenvalue weighted by Gasteiger charge is -2.34. The van der Waals surface area contributed by atoms with Crippen LogP contribution in [-0.4, -0.2) is 30.6 Å². The highest BCUT2D eigenvalue weighted by atomic mass is 15.2. The number of hydrogen-bond donors (Lipinski definition) is 1. The molecule has 0 aliphatic rings. The summed E-state index contributed by atoms with van der Waals surface area (Å²) in [5, 5.41) is 0. The Bertz CT molecular complexity index is 149. The highest BCUT2D eigenvalue weighted by Crippen LogP contribution is 2.23. The third-order valence-electron chi connectivity index (χ3n) is 2.84. The number of unbranched alkanes of at least 4 members (excludes halogenated alkanes) is 1. The fraction of sp³-hybridized carbons (Fsp3) is 1.00. The predicted molar refractivity (Wildman–Crippen MR) is 69.1 cm³/mol. The van der Waals surface area contributed by atoms with Crippen molar-refractivity contribution >= 4 is 0 Å². The molecule has 0 saturated heterocycles. The zero-order chi connectivity index (χ0) is 11.9. The summed E-state index contributed by atoms with van der Waals surface area (Å²) in [5.41, 5.74) is 6.27. The Balaban J connectivity index is 4.20. The number of nitrogens with zero attached hydrogens (tertiary/aromatic N) is 1. The molecule has 1 atom stereocenters. The first-order valence-electron chi connectivity index (χ1n) is 6.38. The normalized spacial score (nSPS) is 14.6. The fourth-order valence-corrected chi connectivity index (χ4v) is 2.03. The summed E-state index contributed by atoms with van der Waals surface area (Å²) in [6.45, 7) is 14.5. The summed E-state index contributed by atoms with van der Waals surface area (Å²) >= 11 is 0. The van der Waals surface area contributed by atoms with Gasteiger partial charge < -0.3 is 5.73 Å². The first kappa shape index (κ1) is 14.9. The van der Waals surface area contributed by atoms with Crippen LogP contribution in [0.1, 0.15) is 53.9 Å².